The maximum Gasteiger partial charge on any atom is 0.316 e. The molecule has 2 nitrogen and oxygen atoms in total. The third kappa shape index (κ3) is 9.49. The smallest absolute Gasteiger partial charge is 0.316 e. The van der Waals surface area contributed by atoms with Crippen molar-refractivity contribution in [2.45, 2.75) is 0 Å². The Bertz CT molecular complexity index is 6.00. The molecule has 0 aromatic rings. The minimum absolute atomic E-state index is 0. The standard InChI is InChI=1S/Cd.Mg.2H2O.2H/h;;2*1H2;;. The van der Waals surface area contributed by atoms with Crippen molar-refractivity contribution >= 4 is 23.1 Å². The monoisotopic (exact) mass is 176 g/mol. The zero-order chi connectivity index (χ0) is 0. The first kappa shape index (κ1) is 46.0. The van der Waals surface area contributed by atoms with E-state index < -0.39 is 0 Å². The molecule has 0 saturated heterocycles. The van der Waals surface area contributed by atoms with Crippen molar-refractivity contribution in [1.29, 1.82) is 0 Å². The summed E-state index contributed by atoms with van der Waals surface area (Å²) in [5.41, 5.74) is 0. The van der Waals surface area contributed by atoms with E-state index >= 15 is 0 Å². The second-order valence-electron chi connectivity index (χ2n) is 0. The molecule has 4 N–H and O–H groups in total. The van der Waals surface area contributed by atoms with E-state index in [-0.39, 0.29) is 61.3 Å². The minimum Gasteiger partial charge on any atom is -0.412 e. The van der Waals surface area contributed by atoms with Crippen LogP contribution in [-0.4, -0.2) is 34.0 Å². The van der Waals surface area contributed by atoms with E-state index in [1.165, 1.54) is 0 Å². The average molecular weight is 175 g/mol. The van der Waals surface area contributed by atoms with Crippen LogP contribution in [0.4, 0.5) is 0 Å². The van der Waals surface area contributed by atoms with E-state index in [0.717, 1.165) is 0 Å². The molecule has 0 rings (SSSR count). The third-order valence-electron chi connectivity index (χ3n) is 0. The molecular weight excluding hydrogens is 169 g/mol. The van der Waals surface area contributed by atoms with Crippen molar-refractivity contribution in [2.75, 3.05) is 0 Å². The zero-order valence-electron chi connectivity index (χ0n) is 1.71. The van der Waals surface area contributed by atoms with Crippen LogP contribution in [0, 0.1) is 0 Å². The van der Waals surface area contributed by atoms with Crippen molar-refractivity contribution in [2.24, 2.45) is 0 Å². The Labute approximate surface area is 60.9 Å². The van der Waals surface area contributed by atoms with Gasteiger partial charge in [-0.3, -0.25) is 0 Å². The second-order valence-corrected chi connectivity index (χ2v) is 0. The van der Waals surface area contributed by atoms with Gasteiger partial charge in [-0.15, -0.1) is 0 Å². The molecule has 0 heterocycles. The van der Waals surface area contributed by atoms with Crippen LogP contribution >= 0.6 is 0 Å². The predicted molar refractivity (Wildman–Crippen MR) is 15.8 cm³/mol. The maximum atomic E-state index is 0. The normalized spacial score (nSPS) is 0. The van der Waals surface area contributed by atoms with Crippen LogP contribution in [0.1, 0.15) is 0 Å². The van der Waals surface area contributed by atoms with Crippen molar-refractivity contribution < 1.29 is 38.3 Å². The van der Waals surface area contributed by atoms with Crippen LogP contribution in [-0.2, 0) is 27.3 Å². The second kappa shape index (κ2) is 23.2. The Balaban J connectivity index is 0. The van der Waals surface area contributed by atoms with Gasteiger partial charge < -0.3 is 11.0 Å². The van der Waals surface area contributed by atoms with Gasteiger partial charge in [-0.2, -0.15) is 0 Å². The Morgan fingerprint density at radius 3 is 0.750 bits per heavy atom. The molecule has 4 heavy (non-hydrogen) atoms. The van der Waals surface area contributed by atoms with Crippen molar-refractivity contribution in [3.8, 4) is 0 Å². The molecule has 0 fully saturated rings. The molecule has 0 amide bonds. The molecule has 0 unspecified atom stereocenters. The summed E-state index contributed by atoms with van der Waals surface area (Å²) in [5, 5.41) is 0. The van der Waals surface area contributed by atoms with Gasteiger partial charge in [0, 0.05) is 27.3 Å². The Morgan fingerprint density at radius 1 is 0.750 bits per heavy atom. The Morgan fingerprint density at radius 2 is 0.750 bits per heavy atom. The van der Waals surface area contributed by atoms with Crippen LogP contribution in [0.3, 0.4) is 0 Å². The summed E-state index contributed by atoms with van der Waals surface area (Å²) in [7, 11) is 0. The minimum atomic E-state index is 0. The number of hydrogen-bond donors (Lipinski definition) is 0. The fraction of sp³-hybridized carbons (Fsp3) is 0. The molecule has 22 valence electrons. The summed E-state index contributed by atoms with van der Waals surface area (Å²) in [6, 6.07) is 0. The first-order valence-electron chi connectivity index (χ1n) is 0. The largest absolute Gasteiger partial charge is 0.412 e. The van der Waals surface area contributed by atoms with Crippen molar-refractivity contribution in [3.05, 3.63) is 0 Å². The van der Waals surface area contributed by atoms with Gasteiger partial charge >= 0.3 is 23.1 Å². The molecule has 0 bridgehead atoms. The van der Waals surface area contributed by atoms with Gasteiger partial charge in [0.05, 0.1) is 0 Å². The number of hydrogen-bond acceptors (Lipinski definition) is 0. The molecule has 0 aliphatic carbocycles. The van der Waals surface area contributed by atoms with E-state index in [4.69, 9.17) is 0 Å². The Kier molecular flexibility index (Phi) is 267. The summed E-state index contributed by atoms with van der Waals surface area (Å²) in [6.07, 6.45) is 0. The van der Waals surface area contributed by atoms with Gasteiger partial charge in [0.1, 0.15) is 0 Å². The molecule has 0 aromatic heterocycles. The summed E-state index contributed by atoms with van der Waals surface area (Å²) >= 11 is 0. The molecule has 0 atom stereocenters. The predicted octanol–water partition coefficient (Wildman–Crippen LogP) is -2.57. The van der Waals surface area contributed by atoms with E-state index in [0.29, 0.717) is 0 Å². The first-order chi connectivity index (χ1) is 0. The number of rotatable bonds is 0. The van der Waals surface area contributed by atoms with Crippen molar-refractivity contribution in [3.63, 3.8) is 0 Å². The van der Waals surface area contributed by atoms with Crippen LogP contribution in [0.2, 0.25) is 0 Å². The maximum absolute atomic E-state index is 0. The van der Waals surface area contributed by atoms with E-state index in [1.54, 1.807) is 0 Å². The Hall–Kier alpha value is 1.61. The summed E-state index contributed by atoms with van der Waals surface area (Å²) < 4.78 is 0. The summed E-state index contributed by atoms with van der Waals surface area (Å²) in [6.45, 7) is 0. The van der Waals surface area contributed by atoms with Crippen LogP contribution in [0.15, 0.2) is 0 Å². The molecule has 0 aliphatic rings. The summed E-state index contributed by atoms with van der Waals surface area (Å²) in [4.78, 5) is 0. The van der Waals surface area contributed by atoms with E-state index in [9.17, 15) is 0 Å². The van der Waals surface area contributed by atoms with Crippen LogP contribution in [0.5, 0.6) is 0 Å². The molecule has 0 radical (unpaired) electrons. The first-order valence-corrected chi connectivity index (χ1v) is 0. The molecule has 0 saturated carbocycles. The van der Waals surface area contributed by atoms with Crippen molar-refractivity contribution in [1.82, 2.24) is 0 Å². The van der Waals surface area contributed by atoms with Gasteiger partial charge in [0.15, 0.2) is 0 Å². The third-order valence-corrected chi connectivity index (χ3v) is 0. The molecule has 4 heteroatoms. The average Bonchev–Trinajstić information content (AvgIpc) is 0. The van der Waals surface area contributed by atoms with Gasteiger partial charge in [0.2, 0.25) is 0 Å². The van der Waals surface area contributed by atoms with E-state index in [1.807, 2.05) is 0 Å². The van der Waals surface area contributed by atoms with Crippen LogP contribution < -0.4 is 0 Å². The fourth-order valence-corrected chi connectivity index (χ4v) is 0. The molecular formula is H6CdMgO2. The van der Waals surface area contributed by atoms with Gasteiger partial charge in [-0.05, 0) is 0 Å². The fourth-order valence-electron chi connectivity index (χ4n) is 0. The van der Waals surface area contributed by atoms with Gasteiger partial charge in [-0.25, -0.2) is 0 Å². The molecule has 0 aromatic carbocycles. The topological polar surface area (TPSA) is 63.0 Å². The van der Waals surface area contributed by atoms with Gasteiger partial charge in [-0.1, -0.05) is 0 Å². The summed E-state index contributed by atoms with van der Waals surface area (Å²) in [5.74, 6) is 0. The molecule has 0 spiro atoms. The van der Waals surface area contributed by atoms with Crippen LogP contribution in [0.25, 0.3) is 0 Å². The van der Waals surface area contributed by atoms with E-state index in [2.05, 4.69) is 0 Å². The molecule has 0 aliphatic heterocycles. The quantitative estimate of drug-likeness (QED) is 0.363. The zero-order valence-corrected chi connectivity index (χ0v) is 5.74. The SMILES string of the molecule is O.O.[Cd].[MgH2]. The van der Waals surface area contributed by atoms with Gasteiger partial charge in [0.25, 0.3) is 0 Å².